The molecule has 0 radical (unpaired) electrons. The number of ether oxygens (including phenoxy) is 2. The van der Waals surface area contributed by atoms with Gasteiger partial charge in [-0.15, -0.1) is 0 Å². The molecule has 0 saturated carbocycles. The number of hydrogen-bond acceptors (Lipinski definition) is 6. The van der Waals surface area contributed by atoms with Crippen LogP contribution in [0.4, 0.5) is 5.69 Å². The number of methoxy groups -OCH3 is 2. The van der Waals surface area contributed by atoms with Gasteiger partial charge < -0.3 is 19.7 Å². The maximum absolute atomic E-state index is 14.1. The average Bonchev–Trinajstić information content (AvgIpc) is 2.97. The van der Waals surface area contributed by atoms with Crippen LogP contribution in [0.5, 0.6) is 11.5 Å². The smallest absolute Gasteiger partial charge is 0.264 e. The topological polar surface area (TPSA) is 105 Å². The summed E-state index contributed by atoms with van der Waals surface area (Å²) in [5.41, 5.74) is 0.629. The van der Waals surface area contributed by atoms with Crippen molar-refractivity contribution in [3.8, 4) is 11.5 Å². The third kappa shape index (κ3) is 8.08. The van der Waals surface area contributed by atoms with Crippen molar-refractivity contribution in [2.75, 3.05) is 31.6 Å². The highest BCUT2D eigenvalue weighted by molar-refractivity contribution is 7.92. The number of benzene rings is 3. The summed E-state index contributed by atoms with van der Waals surface area (Å²) in [6, 6.07) is 16.3. The fraction of sp³-hybridized carbons (Fsp3) is 0.333. The lowest BCUT2D eigenvalue weighted by Crippen LogP contribution is -2.51. The molecular weight excluding hydrogens is 601 g/mol. The minimum absolute atomic E-state index is 0.0299. The van der Waals surface area contributed by atoms with E-state index in [0.29, 0.717) is 27.9 Å². The van der Waals surface area contributed by atoms with Gasteiger partial charge in [0.15, 0.2) is 0 Å². The fourth-order valence-corrected chi connectivity index (χ4v) is 6.00. The monoisotopic (exact) mass is 635 g/mol. The van der Waals surface area contributed by atoms with E-state index >= 15 is 0 Å². The lowest BCUT2D eigenvalue weighted by Gasteiger charge is -2.32. The molecule has 1 N–H and O–H groups in total. The Balaban J connectivity index is 2.11. The van der Waals surface area contributed by atoms with Crippen molar-refractivity contribution < 1.29 is 27.5 Å². The number of rotatable bonds is 13. The van der Waals surface area contributed by atoms with Crippen LogP contribution in [0.1, 0.15) is 26.3 Å². The third-order valence-corrected chi connectivity index (χ3v) is 8.83. The molecule has 0 aliphatic rings. The van der Waals surface area contributed by atoms with E-state index in [1.54, 1.807) is 49.4 Å². The first-order valence-electron chi connectivity index (χ1n) is 13.2. The van der Waals surface area contributed by atoms with E-state index < -0.39 is 34.4 Å². The van der Waals surface area contributed by atoms with Gasteiger partial charge in [-0.25, -0.2) is 8.42 Å². The van der Waals surface area contributed by atoms with Gasteiger partial charge in [-0.1, -0.05) is 61.3 Å². The Hall–Kier alpha value is -3.47. The van der Waals surface area contributed by atoms with Crippen molar-refractivity contribution in [2.24, 2.45) is 5.92 Å². The predicted molar refractivity (Wildman–Crippen MR) is 165 cm³/mol. The second kappa shape index (κ2) is 14.6. The van der Waals surface area contributed by atoms with Gasteiger partial charge in [-0.2, -0.15) is 0 Å². The molecule has 3 aromatic rings. The Bertz CT molecular complexity index is 1500. The summed E-state index contributed by atoms with van der Waals surface area (Å²) in [5.74, 6) is -0.282. The summed E-state index contributed by atoms with van der Waals surface area (Å²) in [6.45, 7) is 5.18. The van der Waals surface area contributed by atoms with Gasteiger partial charge in [0, 0.05) is 29.2 Å². The van der Waals surface area contributed by atoms with Gasteiger partial charge in [-0.05, 0) is 54.8 Å². The number of hydrogen-bond donors (Lipinski definition) is 1. The summed E-state index contributed by atoms with van der Waals surface area (Å²) in [4.78, 5) is 28.5. The van der Waals surface area contributed by atoms with Crippen molar-refractivity contribution in [3.05, 3.63) is 82.3 Å². The summed E-state index contributed by atoms with van der Waals surface area (Å²) in [6.07, 6.45) is 0. The zero-order valence-electron chi connectivity index (χ0n) is 24.1. The Morgan fingerprint density at radius 3 is 2.21 bits per heavy atom. The summed E-state index contributed by atoms with van der Waals surface area (Å²) in [5, 5.41) is 3.56. The highest BCUT2D eigenvalue weighted by Crippen LogP contribution is 2.36. The minimum Gasteiger partial charge on any atom is -0.497 e. The van der Waals surface area contributed by atoms with Gasteiger partial charge in [0.05, 0.1) is 24.8 Å². The molecule has 9 nitrogen and oxygen atoms in total. The molecule has 0 spiro atoms. The van der Waals surface area contributed by atoms with E-state index in [-0.39, 0.29) is 28.8 Å². The average molecular weight is 637 g/mol. The maximum Gasteiger partial charge on any atom is 0.264 e. The maximum atomic E-state index is 14.1. The van der Waals surface area contributed by atoms with E-state index in [9.17, 15) is 18.0 Å². The molecule has 42 heavy (non-hydrogen) atoms. The molecule has 0 aliphatic heterocycles. The molecule has 3 rings (SSSR count). The second-order valence-corrected chi connectivity index (χ2v) is 12.6. The largest absolute Gasteiger partial charge is 0.497 e. The number of carbonyl (C=O) groups is 2. The van der Waals surface area contributed by atoms with Crippen LogP contribution in [-0.2, 0) is 26.2 Å². The van der Waals surface area contributed by atoms with E-state index in [0.717, 1.165) is 4.31 Å². The number of nitrogens with one attached hydrogen (secondary N) is 1. The number of nitrogens with zero attached hydrogens (tertiary/aromatic N) is 2. The van der Waals surface area contributed by atoms with Crippen molar-refractivity contribution >= 4 is 50.7 Å². The van der Waals surface area contributed by atoms with Crippen molar-refractivity contribution in [3.63, 3.8) is 0 Å². The third-order valence-electron chi connectivity index (χ3n) is 6.47. The molecule has 0 heterocycles. The van der Waals surface area contributed by atoms with E-state index in [4.69, 9.17) is 32.7 Å². The van der Waals surface area contributed by atoms with Crippen LogP contribution < -0.4 is 19.1 Å². The van der Waals surface area contributed by atoms with Crippen LogP contribution in [-0.4, -0.2) is 58.5 Å². The van der Waals surface area contributed by atoms with E-state index in [1.807, 2.05) is 13.8 Å². The van der Waals surface area contributed by atoms with Crippen LogP contribution in [0.25, 0.3) is 0 Å². The molecule has 12 heteroatoms. The SMILES string of the molecule is COc1ccc(OC)c(N(CC(=O)N(Cc2ccc(Cl)cc2Cl)[C@H](C)C(=O)NCC(C)C)S(=O)(=O)c2ccccc2)c1. The second-order valence-electron chi connectivity index (χ2n) is 9.93. The zero-order chi connectivity index (χ0) is 31.0. The lowest BCUT2D eigenvalue weighted by atomic mass is 10.1. The Morgan fingerprint density at radius 2 is 1.62 bits per heavy atom. The molecule has 2 amide bonds. The summed E-state index contributed by atoms with van der Waals surface area (Å²) >= 11 is 12.5. The molecule has 0 saturated heterocycles. The zero-order valence-corrected chi connectivity index (χ0v) is 26.5. The predicted octanol–water partition coefficient (Wildman–Crippen LogP) is 5.40. The van der Waals surface area contributed by atoms with Gasteiger partial charge in [-0.3, -0.25) is 13.9 Å². The summed E-state index contributed by atoms with van der Waals surface area (Å²) < 4.78 is 39.8. The molecule has 226 valence electrons. The molecule has 0 bridgehead atoms. The number of amides is 2. The standard InChI is InChI=1S/C30H35Cl2N3O6S/c1-20(2)17-33-30(37)21(3)34(18-22-11-12-23(31)15-26(22)32)29(36)19-35(42(38,39)25-9-7-6-8-10-25)27-16-24(40-4)13-14-28(27)41-5/h6-16,20-21H,17-19H2,1-5H3,(H,33,37)/t21-/m1/s1. The Labute approximate surface area is 257 Å². The quantitative estimate of drug-likeness (QED) is 0.270. The fourth-order valence-electron chi connectivity index (χ4n) is 4.09. The first-order valence-corrected chi connectivity index (χ1v) is 15.4. The molecule has 1 atom stereocenters. The molecule has 0 unspecified atom stereocenters. The van der Waals surface area contributed by atoms with E-state index in [2.05, 4.69) is 5.32 Å². The first kappa shape index (κ1) is 33.0. The molecule has 0 fully saturated rings. The van der Waals surface area contributed by atoms with Crippen molar-refractivity contribution in [1.82, 2.24) is 10.2 Å². The van der Waals surface area contributed by atoms with Gasteiger partial charge >= 0.3 is 0 Å². The molecule has 0 aliphatic carbocycles. The van der Waals surface area contributed by atoms with Gasteiger partial charge in [0.2, 0.25) is 11.8 Å². The number of halogens is 2. The lowest BCUT2D eigenvalue weighted by molar-refractivity contribution is -0.139. The Kier molecular flexibility index (Phi) is 11.5. The normalized spacial score (nSPS) is 12.0. The van der Waals surface area contributed by atoms with Crippen LogP contribution in [0.15, 0.2) is 71.6 Å². The number of carbonyl (C=O) groups excluding carboxylic acids is 2. The van der Waals surface area contributed by atoms with Crippen LogP contribution >= 0.6 is 23.2 Å². The minimum atomic E-state index is -4.29. The van der Waals surface area contributed by atoms with Crippen LogP contribution in [0.3, 0.4) is 0 Å². The number of sulfonamides is 1. The highest BCUT2D eigenvalue weighted by Gasteiger charge is 2.34. The summed E-state index contributed by atoms with van der Waals surface area (Å²) in [7, 11) is -1.44. The van der Waals surface area contributed by atoms with Gasteiger partial charge in [0.25, 0.3) is 10.0 Å². The van der Waals surface area contributed by atoms with Crippen LogP contribution in [0, 0.1) is 5.92 Å². The number of anilines is 1. The molecular formula is C30H35Cl2N3O6S. The van der Waals surface area contributed by atoms with Gasteiger partial charge in [0.1, 0.15) is 24.1 Å². The van der Waals surface area contributed by atoms with Crippen molar-refractivity contribution in [1.29, 1.82) is 0 Å². The van der Waals surface area contributed by atoms with Crippen LogP contribution in [0.2, 0.25) is 10.0 Å². The highest BCUT2D eigenvalue weighted by atomic mass is 35.5. The molecule has 0 aromatic heterocycles. The first-order chi connectivity index (χ1) is 19.9. The van der Waals surface area contributed by atoms with E-state index in [1.165, 1.54) is 43.4 Å². The molecule has 3 aromatic carbocycles. The Morgan fingerprint density at radius 1 is 0.929 bits per heavy atom. The van der Waals surface area contributed by atoms with Crippen molar-refractivity contribution in [2.45, 2.75) is 38.3 Å².